The van der Waals surface area contributed by atoms with Crippen molar-refractivity contribution >= 4 is 11.9 Å². The van der Waals surface area contributed by atoms with Gasteiger partial charge in [0, 0.05) is 19.1 Å². The largest absolute Gasteiger partial charge is 0.497 e. The zero-order valence-corrected chi connectivity index (χ0v) is 17.8. The van der Waals surface area contributed by atoms with Gasteiger partial charge in [0.2, 0.25) is 11.9 Å². The number of anilines is 1. The molecule has 3 heterocycles. The predicted octanol–water partition coefficient (Wildman–Crippen LogP) is 3.54. The van der Waals surface area contributed by atoms with Crippen molar-refractivity contribution in [2.24, 2.45) is 5.92 Å². The molecule has 1 aromatic heterocycles. The molecule has 5 rings (SSSR count). The third-order valence-electron chi connectivity index (χ3n) is 7.24. The Balaban J connectivity index is 1.24. The normalized spacial score (nSPS) is 25.1. The van der Waals surface area contributed by atoms with E-state index in [0.29, 0.717) is 25.9 Å². The van der Waals surface area contributed by atoms with E-state index in [2.05, 4.69) is 15.4 Å². The molecule has 3 aliphatic rings. The van der Waals surface area contributed by atoms with E-state index in [0.717, 1.165) is 35.2 Å². The highest BCUT2D eigenvalue weighted by atomic mass is 19.4. The smallest absolute Gasteiger partial charge is 0.411 e. The summed E-state index contributed by atoms with van der Waals surface area (Å²) in [7, 11) is 1.61. The van der Waals surface area contributed by atoms with Crippen LogP contribution in [0.15, 0.2) is 30.6 Å². The first-order valence-electron chi connectivity index (χ1n) is 11.0. The second-order valence-corrected chi connectivity index (χ2v) is 9.01. The summed E-state index contributed by atoms with van der Waals surface area (Å²) in [6.45, 7) is 1.12. The van der Waals surface area contributed by atoms with Crippen LogP contribution in [0, 0.1) is 5.92 Å². The van der Waals surface area contributed by atoms with Gasteiger partial charge in [-0.25, -0.2) is 4.68 Å². The van der Waals surface area contributed by atoms with Crippen molar-refractivity contribution in [2.45, 2.75) is 55.8 Å². The maximum Gasteiger partial charge on any atom is 0.411 e. The number of halogens is 3. The first kappa shape index (κ1) is 21.1. The molecule has 0 radical (unpaired) electrons. The van der Waals surface area contributed by atoms with Crippen LogP contribution in [-0.4, -0.2) is 58.0 Å². The average molecular weight is 449 g/mol. The van der Waals surface area contributed by atoms with E-state index < -0.39 is 17.6 Å². The topological polar surface area (TPSA) is 72.3 Å². The van der Waals surface area contributed by atoms with Gasteiger partial charge >= 0.3 is 6.18 Å². The molecular weight excluding hydrogens is 423 g/mol. The van der Waals surface area contributed by atoms with E-state index in [9.17, 15) is 18.0 Å². The zero-order valence-electron chi connectivity index (χ0n) is 17.8. The summed E-state index contributed by atoms with van der Waals surface area (Å²) in [6, 6.07) is 5.65. The number of piperidine rings is 1. The van der Waals surface area contributed by atoms with Crippen molar-refractivity contribution < 1.29 is 22.7 Å². The molecule has 172 valence electrons. The van der Waals surface area contributed by atoms with Gasteiger partial charge in [-0.3, -0.25) is 4.79 Å². The van der Waals surface area contributed by atoms with Crippen LogP contribution in [0.1, 0.15) is 43.7 Å². The molecule has 10 heteroatoms. The van der Waals surface area contributed by atoms with Crippen LogP contribution in [0.5, 0.6) is 5.75 Å². The number of alkyl halides is 3. The molecule has 1 aromatic carbocycles. The van der Waals surface area contributed by atoms with Gasteiger partial charge in [0.15, 0.2) is 6.04 Å². The standard InChI is InChI=1S/C22H26F3N5O2/c1-32-16-4-2-15(3-5-16)21(8-9-21)19(31)29-10-6-14(7-11-29)17-12-18(22(23,24)25)30-20(28-17)26-13-27-30/h2-5,13-14,17-18H,6-12H2,1H3,(H,26,27,28)/t17-,18+/m0/s1. The van der Waals surface area contributed by atoms with Crippen molar-refractivity contribution in [1.82, 2.24) is 19.7 Å². The molecule has 2 fully saturated rings. The number of hydrogen-bond donors (Lipinski definition) is 1. The van der Waals surface area contributed by atoms with Crippen molar-refractivity contribution in [1.29, 1.82) is 0 Å². The summed E-state index contributed by atoms with van der Waals surface area (Å²) in [6.07, 6.45) is -0.318. The fourth-order valence-electron chi connectivity index (χ4n) is 5.20. The van der Waals surface area contributed by atoms with Crippen LogP contribution in [0.4, 0.5) is 19.1 Å². The molecule has 0 bridgehead atoms. The number of amides is 1. The number of benzene rings is 1. The molecule has 1 saturated carbocycles. The Morgan fingerprint density at radius 1 is 1.19 bits per heavy atom. The summed E-state index contributed by atoms with van der Waals surface area (Å²) in [5.41, 5.74) is 0.548. The lowest BCUT2D eigenvalue weighted by Gasteiger charge is -2.41. The number of likely N-dealkylation sites (tertiary alicyclic amines) is 1. The van der Waals surface area contributed by atoms with Gasteiger partial charge in [0.1, 0.15) is 12.1 Å². The zero-order chi connectivity index (χ0) is 22.5. The minimum Gasteiger partial charge on any atom is -0.497 e. The van der Waals surface area contributed by atoms with Gasteiger partial charge in [-0.15, -0.1) is 0 Å². The molecule has 2 atom stereocenters. The van der Waals surface area contributed by atoms with Crippen LogP contribution in [-0.2, 0) is 10.2 Å². The molecular formula is C22H26F3N5O2. The number of ether oxygens (including phenoxy) is 1. The highest BCUT2D eigenvalue weighted by Crippen LogP contribution is 2.50. The average Bonchev–Trinajstić information content (AvgIpc) is 3.47. The third-order valence-corrected chi connectivity index (χ3v) is 7.24. The maximum atomic E-state index is 13.6. The Morgan fingerprint density at radius 2 is 1.88 bits per heavy atom. The van der Waals surface area contributed by atoms with E-state index in [1.807, 2.05) is 29.2 Å². The number of carbonyl (C=O) groups excluding carboxylic acids is 1. The third kappa shape index (κ3) is 3.59. The molecule has 2 aliphatic heterocycles. The first-order chi connectivity index (χ1) is 15.3. The number of carbonyl (C=O) groups is 1. The lowest BCUT2D eigenvalue weighted by Crippen LogP contribution is -2.49. The number of rotatable bonds is 4. The highest BCUT2D eigenvalue weighted by Gasteiger charge is 2.54. The Hall–Kier alpha value is -2.78. The Kier molecular flexibility index (Phi) is 5.05. The fraction of sp³-hybridized carbons (Fsp3) is 0.591. The van der Waals surface area contributed by atoms with E-state index in [1.54, 1.807) is 7.11 Å². The lowest BCUT2D eigenvalue weighted by molar-refractivity contribution is -0.174. The van der Waals surface area contributed by atoms with Gasteiger partial charge < -0.3 is 15.0 Å². The summed E-state index contributed by atoms with van der Waals surface area (Å²) in [4.78, 5) is 19.2. The van der Waals surface area contributed by atoms with Gasteiger partial charge in [-0.2, -0.15) is 23.3 Å². The van der Waals surface area contributed by atoms with E-state index in [1.165, 1.54) is 0 Å². The Labute approximate surface area is 183 Å². The minimum absolute atomic E-state index is 0.0467. The number of aromatic nitrogens is 3. The van der Waals surface area contributed by atoms with Gasteiger partial charge in [0.05, 0.1) is 12.5 Å². The monoisotopic (exact) mass is 449 g/mol. The summed E-state index contributed by atoms with van der Waals surface area (Å²) in [5, 5.41) is 6.90. The van der Waals surface area contributed by atoms with Crippen LogP contribution in [0.2, 0.25) is 0 Å². The van der Waals surface area contributed by atoms with Crippen molar-refractivity contribution in [3.05, 3.63) is 36.2 Å². The van der Waals surface area contributed by atoms with Gasteiger partial charge in [-0.1, -0.05) is 12.1 Å². The number of nitrogens with zero attached hydrogens (tertiary/aromatic N) is 4. The molecule has 1 N–H and O–H groups in total. The fourth-order valence-corrected chi connectivity index (χ4v) is 5.20. The molecule has 0 spiro atoms. The molecule has 0 unspecified atom stereocenters. The van der Waals surface area contributed by atoms with Gasteiger partial charge in [0.25, 0.3) is 0 Å². The van der Waals surface area contributed by atoms with Crippen molar-refractivity contribution in [3.63, 3.8) is 0 Å². The molecule has 1 saturated heterocycles. The van der Waals surface area contributed by atoms with Crippen LogP contribution < -0.4 is 10.1 Å². The molecule has 1 aliphatic carbocycles. The highest BCUT2D eigenvalue weighted by molar-refractivity contribution is 5.91. The minimum atomic E-state index is -4.38. The second kappa shape index (κ2) is 7.67. The van der Waals surface area contributed by atoms with E-state index in [4.69, 9.17) is 4.74 Å². The Bertz CT molecular complexity index is 978. The summed E-state index contributed by atoms with van der Waals surface area (Å²) < 4.78 is 46.9. The molecule has 1 amide bonds. The SMILES string of the molecule is COc1ccc(C2(C(=O)N3CCC([C@@H]4C[C@H](C(F)(F)F)n5ncnc5N4)CC3)CC2)cc1. The predicted molar refractivity (Wildman–Crippen MR) is 110 cm³/mol. The number of hydrogen-bond acceptors (Lipinski definition) is 5. The second-order valence-electron chi connectivity index (χ2n) is 9.01. The van der Waals surface area contributed by atoms with E-state index >= 15 is 0 Å². The van der Waals surface area contributed by atoms with Crippen LogP contribution >= 0.6 is 0 Å². The number of nitrogens with one attached hydrogen (secondary N) is 1. The first-order valence-corrected chi connectivity index (χ1v) is 11.0. The molecule has 2 aromatic rings. The summed E-state index contributed by atoms with van der Waals surface area (Å²) >= 11 is 0. The molecule has 32 heavy (non-hydrogen) atoms. The number of fused-ring (bicyclic) bond motifs is 1. The van der Waals surface area contributed by atoms with Crippen LogP contribution in [0.25, 0.3) is 0 Å². The quantitative estimate of drug-likeness (QED) is 0.773. The molecule has 7 nitrogen and oxygen atoms in total. The maximum absolute atomic E-state index is 13.6. The summed E-state index contributed by atoms with van der Waals surface area (Å²) in [5.74, 6) is 1.10. The van der Waals surface area contributed by atoms with Crippen LogP contribution in [0.3, 0.4) is 0 Å². The Morgan fingerprint density at radius 3 is 2.47 bits per heavy atom. The number of methoxy groups -OCH3 is 1. The van der Waals surface area contributed by atoms with E-state index in [-0.39, 0.29) is 30.2 Å². The van der Waals surface area contributed by atoms with Crippen molar-refractivity contribution in [3.8, 4) is 5.75 Å². The van der Waals surface area contributed by atoms with Crippen molar-refractivity contribution in [2.75, 3.05) is 25.5 Å². The van der Waals surface area contributed by atoms with Gasteiger partial charge in [-0.05, 0) is 55.7 Å². The lowest BCUT2D eigenvalue weighted by atomic mass is 9.84.